The maximum absolute atomic E-state index is 11.7. The van der Waals surface area contributed by atoms with Crippen LogP contribution in [0.2, 0.25) is 0 Å². The van der Waals surface area contributed by atoms with Crippen molar-refractivity contribution in [2.45, 2.75) is 31.3 Å². The molecule has 0 radical (unpaired) electrons. The maximum atomic E-state index is 11.7. The molecule has 276 valence electrons. The van der Waals surface area contributed by atoms with E-state index in [1.807, 2.05) is 93.7 Å². The largest absolute Gasteiger partial charge is 0.506 e. The van der Waals surface area contributed by atoms with Gasteiger partial charge in [0.1, 0.15) is 23.6 Å². The number of carboxylic acids is 4. The van der Waals surface area contributed by atoms with E-state index in [-0.39, 0.29) is 30.6 Å². The van der Waals surface area contributed by atoms with Crippen LogP contribution in [0.3, 0.4) is 0 Å². The summed E-state index contributed by atoms with van der Waals surface area (Å²) in [4.78, 5) is 49.6. The number of aromatic nitrogens is 1. The van der Waals surface area contributed by atoms with Gasteiger partial charge in [0.15, 0.2) is 5.75 Å². The molecule has 0 spiro atoms. The van der Waals surface area contributed by atoms with Crippen molar-refractivity contribution in [2.75, 3.05) is 0 Å². The summed E-state index contributed by atoms with van der Waals surface area (Å²) in [5.74, 6) is -3.26. The Kier molecular flexibility index (Phi) is 15.8. The molecule has 0 fully saturated rings. The number of ether oxygens (including phenoxy) is 1. The van der Waals surface area contributed by atoms with Gasteiger partial charge < -0.3 is 30.3 Å². The third-order valence-corrected chi connectivity index (χ3v) is 10.6. The first kappa shape index (κ1) is 42.4. The van der Waals surface area contributed by atoms with Crippen molar-refractivity contribution < 1.29 is 49.4 Å². The highest BCUT2D eigenvalue weighted by Crippen LogP contribution is 2.37. The molecule has 1 heterocycles. The third-order valence-electron chi connectivity index (χ3n) is 7.40. The second-order valence-electron chi connectivity index (χ2n) is 11.2. The summed E-state index contributed by atoms with van der Waals surface area (Å²) in [5, 5.41) is 47.5. The molecule has 13 nitrogen and oxygen atoms in total. The molecule has 17 heteroatoms. The van der Waals surface area contributed by atoms with Gasteiger partial charge in [0.2, 0.25) is 0 Å². The van der Waals surface area contributed by atoms with Crippen LogP contribution < -0.4 is 15.6 Å². The Morgan fingerprint density at radius 2 is 1.28 bits per heavy atom. The summed E-state index contributed by atoms with van der Waals surface area (Å²) < 4.78 is 8.78. The Morgan fingerprint density at radius 1 is 0.717 bits per heavy atom. The highest BCUT2D eigenvalue weighted by Gasteiger charge is 2.24. The summed E-state index contributed by atoms with van der Waals surface area (Å²) >= 11 is 8.19. The summed E-state index contributed by atoms with van der Waals surface area (Å²) in [6.45, 7) is 0. The number of hydrogen-bond donors (Lipinski definition) is 7. The van der Waals surface area contributed by atoms with Crippen LogP contribution in [-0.4, -0.2) is 66.5 Å². The van der Waals surface area contributed by atoms with Gasteiger partial charge in [-0.05, 0) is 145 Å². The number of aromatic hydroxyl groups is 1. The maximum Gasteiger partial charge on any atom is 0.336 e. The zero-order chi connectivity index (χ0) is 38.8. The number of hydrazine groups is 1. The lowest BCUT2D eigenvalue weighted by Gasteiger charge is -2.20. The average molecular weight is 1170 g/mol. The predicted molar refractivity (Wildman–Crippen MR) is 229 cm³/mol. The predicted octanol–water partition coefficient (Wildman–Crippen LogP) is 7.61. The van der Waals surface area contributed by atoms with E-state index in [9.17, 15) is 39.6 Å². The Labute approximate surface area is 357 Å². The minimum Gasteiger partial charge on any atom is -0.506 e. The monoisotopic (exact) mass is 1170 g/mol. The van der Waals surface area contributed by atoms with Gasteiger partial charge in [-0.15, -0.1) is 0 Å². The highest BCUT2D eigenvalue weighted by molar-refractivity contribution is 14.1. The van der Waals surface area contributed by atoms with E-state index in [0.717, 1.165) is 12.7 Å². The van der Waals surface area contributed by atoms with Crippen molar-refractivity contribution in [3.8, 4) is 28.5 Å². The van der Waals surface area contributed by atoms with Crippen LogP contribution >= 0.6 is 90.4 Å². The Hall–Kier alpha value is -3.39. The molecule has 0 aliphatic heterocycles. The fraction of sp³-hybridized carbons (Fsp3) is 0.139. The molecule has 0 aliphatic rings. The van der Waals surface area contributed by atoms with E-state index in [1.54, 1.807) is 36.4 Å². The number of aromatic carboxylic acids is 1. The molecular formula is C36H29I4N3O10. The number of halogens is 4. The Bertz CT molecular complexity index is 2110. The van der Waals surface area contributed by atoms with E-state index < -0.39 is 36.0 Å². The molecule has 1 aromatic heterocycles. The molecule has 5 aromatic rings. The number of rotatable bonds is 14. The van der Waals surface area contributed by atoms with Gasteiger partial charge in [-0.25, -0.2) is 20.6 Å². The van der Waals surface area contributed by atoms with Gasteiger partial charge in [0, 0.05) is 17.4 Å². The molecular weight excluding hydrogens is 1140 g/mol. The minimum atomic E-state index is -1.29. The normalized spacial score (nSPS) is 11.9. The zero-order valence-electron chi connectivity index (χ0n) is 27.1. The van der Waals surface area contributed by atoms with E-state index in [2.05, 4.69) is 61.0 Å². The van der Waals surface area contributed by atoms with Crippen LogP contribution in [0, 0.1) is 14.3 Å². The lowest BCUT2D eigenvalue weighted by molar-refractivity contribution is -0.144. The number of phenols is 1. The summed E-state index contributed by atoms with van der Waals surface area (Å²) in [6.07, 6.45) is -0.545. The molecule has 7 N–H and O–H groups in total. The molecule has 0 aliphatic carbocycles. The zero-order valence-corrected chi connectivity index (χ0v) is 35.7. The number of para-hydroxylation sites is 1. The van der Waals surface area contributed by atoms with E-state index >= 15 is 0 Å². The number of benzene rings is 4. The number of carboxylic acid groups (broad SMARTS) is 4. The first-order valence-electron chi connectivity index (χ1n) is 15.3. The van der Waals surface area contributed by atoms with E-state index in [4.69, 9.17) is 9.84 Å². The first-order chi connectivity index (χ1) is 25.1. The van der Waals surface area contributed by atoms with Crippen molar-refractivity contribution in [1.82, 2.24) is 15.8 Å². The molecule has 0 bridgehead atoms. The molecule has 0 saturated carbocycles. The Morgan fingerprint density at radius 3 is 1.85 bits per heavy atom. The second-order valence-corrected chi connectivity index (χ2v) is 15.8. The van der Waals surface area contributed by atoms with Crippen molar-refractivity contribution in [2.24, 2.45) is 0 Å². The van der Waals surface area contributed by atoms with Gasteiger partial charge >= 0.3 is 23.9 Å². The van der Waals surface area contributed by atoms with E-state index in [0.29, 0.717) is 40.8 Å². The van der Waals surface area contributed by atoms with Crippen LogP contribution in [0.15, 0.2) is 84.9 Å². The van der Waals surface area contributed by atoms with Crippen LogP contribution in [-0.2, 0) is 20.8 Å². The number of nitrogens with one attached hydrogen (secondary N) is 2. The molecule has 2 atom stereocenters. The molecule has 0 amide bonds. The van der Waals surface area contributed by atoms with Crippen LogP contribution in [0.25, 0.3) is 22.2 Å². The summed E-state index contributed by atoms with van der Waals surface area (Å²) in [7, 11) is 0. The summed E-state index contributed by atoms with van der Waals surface area (Å²) in [6, 6.07) is 23.0. The van der Waals surface area contributed by atoms with Gasteiger partial charge in [0.25, 0.3) is 0 Å². The molecule has 4 aromatic carbocycles. The van der Waals surface area contributed by atoms with Crippen molar-refractivity contribution in [1.29, 1.82) is 0 Å². The summed E-state index contributed by atoms with van der Waals surface area (Å²) in [5.41, 5.74) is 8.16. The number of fused-ring (bicyclic) bond motifs is 1. The number of pyridine rings is 1. The van der Waals surface area contributed by atoms with Gasteiger partial charge in [-0.2, -0.15) is 0 Å². The van der Waals surface area contributed by atoms with Crippen molar-refractivity contribution in [3.63, 3.8) is 0 Å². The quantitative estimate of drug-likeness (QED) is 0.0422. The fourth-order valence-electron chi connectivity index (χ4n) is 4.82. The topological polar surface area (TPSA) is 216 Å². The van der Waals surface area contributed by atoms with E-state index in [1.165, 1.54) is 0 Å². The average Bonchev–Trinajstić information content (AvgIpc) is 3.11. The molecule has 0 saturated heterocycles. The van der Waals surface area contributed by atoms with Gasteiger partial charge in [-0.1, -0.05) is 48.5 Å². The first-order valence-corrected chi connectivity index (χ1v) is 19.7. The van der Waals surface area contributed by atoms with Crippen LogP contribution in [0.5, 0.6) is 17.2 Å². The highest BCUT2D eigenvalue weighted by atomic mass is 127. The van der Waals surface area contributed by atoms with Gasteiger partial charge in [-0.3, -0.25) is 14.4 Å². The standard InChI is InChI=1S/C20H18I4N2O8.C16H11NO2/c21-10-6-9(7-11(22)17(10)29)34-18-12(23)3-8(4-13(18)24)5-15(20(32)33)26-25-14(19(30)31)1-2-16(27)28;18-16(19)13-10-15(11-6-2-1-3-7-11)17-14-9-5-4-8-12(13)14/h3-4,6-7,14-15,25-26,29H,1-2,5H2,(H,27,28)(H,30,31)(H,32,33);1-10H,(H,18,19)/t14?,15-;/m0./s1. The number of hydrogen-bond acceptors (Lipinski definition) is 9. The third kappa shape index (κ3) is 12.1. The van der Waals surface area contributed by atoms with Gasteiger partial charge in [0.05, 0.1) is 31.1 Å². The van der Waals surface area contributed by atoms with Crippen LogP contribution in [0.4, 0.5) is 0 Å². The number of phenolic OH excluding ortho intramolecular Hbond substituents is 1. The minimum absolute atomic E-state index is 0.0366. The number of carbonyl (C=O) groups is 4. The number of nitrogens with zero attached hydrogens (tertiary/aromatic N) is 1. The van der Waals surface area contributed by atoms with Crippen molar-refractivity contribution in [3.05, 3.63) is 110 Å². The SMILES string of the molecule is O=C(O)CCC(NN[C@@H](Cc1cc(I)c(Oc2cc(I)c(O)c(I)c2)c(I)c1)C(=O)O)C(=O)O.O=C(O)c1cc(-c2ccccc2)nc2ccccc12. The fourth-order valence-corrected chi connectivity index (χ4v) is 8.65. The molecule has 53 heavy (non-hydrogen) atoms. The molecule has 1 unspecified atom stereocenters. The van der Waals surface area contributed by atoms with Crippen LogP contribution in [0.1, 0.15) is 28.8 Å². The Balaban J connectivity index is 0.000000275. The second kappa shape index (κ2) is 19.8. The lowest BCUT2D eigenvalue weighted by Crippen LogP contribution is -2.53. The number of aliphatic carboxylic acids is 3. The lowest BCUT2D eigenvalue weighted by atomic mass is 10.0. The van der Waals surface area contributed by atoms with Crippen molar-refractivity contribution >= 4 is 125 Å². The smallest absolute Gasteiger partial charge is 0.336 e. The molecule has 5 rings (SSSR count).